The molecule has 1 aromatic heterocycles. The number of rotatable bonds is 8. The van der Waals surface area contributed by atoms with Gasteiger partial charge in [0.1, 0.15) is 17.0 Å². The molecule has 3 heterocycles. The molecule has 10 rings (SSSR count). The summed E-state index contributed by atoms with van der Waals surface area (Å²) in [6.45, 7) is 0.889. The van der Waals surface area contributed by atoms with E-state index < -0.39 is 40.5 Å². The summed E-state index contributed by atoms with van der Waals surface area (Å²) < 4.78 is 63.6. The molecule has 1 spiro atoms. The maximum Gasteiger partial charge on any atom is 0.330 e. The van der Waals surface area contributed by atoms with Crippen LogP contribution >= 0.6 is 0 Å². The van der Waals surface area contributed by atoms with Crippen molar-refractivity contribution in [2.75, 3.05) is 24.5 Å². The number of benzene rings is 1. The Kier molecular flexibility index (Phi) is 7.14. The molecule has 1 saturated heterocycles. The predicted molar refractivity (Wildman–Crippen MR) is 174 cm³/mol. The average molecular weight is 698 g/mol. The molecule has 6 aliphatic carbocycles. The summed E-state index contributed by atoms with van der Waals surface area (Å²) in [6.07, 6.45) is 10.2. The van der Waals surface area contributed by atoms with Crippen LogP contribution in [0.1, 0.15) is 99.2 Å². The predicted octanol–water partition coefficient (Wildman–Crippen LogP) is 6.42. The smallest absolute Gasteiger partial charge is 0.330 e. The number of ether oxygens (including phenoxy) is 1. The second-order valence-corrected chi connectivity index (χ2v) is 16.6. The quantitative estimate of drug-likeness (QED) is 0.305. The SMILES string of the molecule is CC(F)(F)c1nc(N2CC3(CC3)c3cc(O[C@H]4CC[C@H](N5CC(F)(F)C5)CC4)ccc32)ncc1C(=O)NC1(C(=O)O)C2CC3CC(C2)CC1C3. The highest BCUT2D eigenvalue weighted by molar-refractivity contribution is 5.99. The first kappa shape index (κ1) is 32.4. The molecular formula is C37H43F4N5O4. The maximum absolute atomic E-state index is 15.3. The standard InChI is InChI=1S/C37H43F4N5O4/c1-34(38,39)30-27(31(47)44-37(32(48)49)22-11-20-10-21(13-22)14-23(37)12-20)16-42-33(43-30)46-17-35(8-9-35)28-15-26(6-7-29(28)46)50-25-4-2-24(3-5-25)45-18-36(40,41)19-45/h6-7,15-16,20-25H,2-5,8-14,17-19H2,1H3,(H,44,47)(H,48,49)/t20?,21?,22?,23?,24-,25-,37?. The monoisotopic (exact) mass is 697 g/mol. The van der Waals surface area contributed by atoms with Crippen LogP contribution in [0.15, 0.2) is 24.4 Å². The summed E-state index contributed by atoms with van der Waals surface area (Å²) in [5, 5.41) is 13.3. The zero-order chi connectivity index (χ0) is 34.8. The number of likely N-dealkylation sites (tertiary alicyclic amines) is 1. The molecule has 50 heavy (non-hydrogen) atoms. The van der Waals surface area contributed by atoms with Crippen LogP contribution in [0.5, 0.6) is 5.75 Å². The number of carboxylic acid groups (broad SMARTS) is 1. The topological polar surface area (TPSA) is 108 Å². The number of fused-ring (bicyclic) bond motifs is 2. The van der Waals surface area contributed by atoms with Crippen LogP contribution in [-0.4, -0.2) is 75.1 Å². The molecule has 2 N–H and O–H groups in total. The number of hydrogen-bond acceptors (Lipinski definition) is 7. The third kappa shape index (κ3) is 5.19. The highest BCUT2D eigenvalue weighted by atomic mass is 19.3. The molecule has 4 bridgehead atoms. The number of amides is 1. The van der Waals surface area contributed by atoms with Gasteiger partial charge < -0.3 is 20.1 Å². The summed E-state index contributed by atoms with van der Waals surface area (Å²) in [7, 11) is 0. The number of hydrogen-bond donors (Lipinski definition) is 2. The Bertz CT molecular complexity index is 1700. The maximum atomic E-state index is 15.3. The third-order valence-electron chi connectivity index (χ3n) is 13.3. The largest absolute Gasteiger partial charge is 0.490 e. The van der Waals surface area contributed by atoms with Gasteiger partial charge in [-0.3, -0.25) is 9.69 Å². The molecule has 13 heteroatoms. The van der Waals surface area contributed by atoms with Crippen molar-refractivity contribution in [3.05, 3.63) is 41.2 Å². The first-order valence-corrected chi connectivity index (χ1v) is 18.2. The Balaban J connectivity index is 0.943. The molecule has 7 fully saturated rings. The highest BCUT2D eigenvalue weighted by Crippen LogP contribution is 2.60. The van der Waals surface area contributed by atoms with Crippen LogP contribution in [0.4, 0.5) is 29.2 Å². The molecule has 9 nitrogen and oxygen atoms in total. The second-order valence-electron chi connectivity index (χ2n) is 16.6. The zero-order valence-electron chi connectivity index (χ0n) is 28.1. The minimum absolute atomic E-state index is 0.00532. The van der Waals surface area contributed by atoms with Gasteiger partial charge in [-0.25, -0.2) is 23.5 Å². The molecule has 1 amide bonds. The van der Waals surface area contributed by atoms with Crippen LogP contribution in [0, 0.1) is 23.7 Å². The third-order valence-corrected chi connectivity index (χ3v) is 13.3. The lowest BCUT2D eigenvalue weighted by molar-refractivity contribution is -0.163. The first-order valence-electron chi connectivity index (χ1n) is 18.2. The van der Waals surface area contributed by atoms with Gasteiger partial charge in [0.2, 0.25) is 5.95 Å². The molecule has 6 saturated carbocycles. The van der Waals surface area contributed by atoms with E-state index in [1.165, 1.54) is 0 Å². The van der Waals surface area contributed by atoms with E-state index in [0.29, 0.717) is 25.3 Å². The van der Waals surface area contributed by atoms with Crippen molar-refractivity contribution >= 4 is 23.5 Å². The number of aliphatic carboxylic acids is 1. The Morgan fingerprint density at radius 2 is 1.64 bits per heavy atom. The van der Waals surface area contributed by atoms with E-state index in [9.17, 15) is 23.5 Å². The van der Waals surface area contributed by atoms with E-state index in [1.54, 1.807) is 0 Å². The Morgan fingerprint density at radius 3 is 2.22 bits per heavy atom. The van der Waals surface area contributed by atoms with Crippen LogP contribution < -0.4 is 15.0 Å². The molecule has 0 radical (unpaired) electrons. The lowest BCUT2D eigenvalue weighted by atomic mass is 9.48. The molecule has 0 unspecified atom stereocenters. The van der Waals surface area contributed by atoms with Gasteiger partial charge in [-0.2, -0.15) is 8.78 Å². The number of nitrogens with one attached hydrogen (secondary N) is 1. The van der Waals surface area contributed by atoms with Gasteiger partial charge in [-0.1, -0.05) is 0 Å². The summed E-state index contributed by atoms with van der Waals surface area (Å²) in [6, 6.07) is 5.97. The Labute approximate surface area is 288 Å². The average Bonchev–Trinajstić information content (AvgIpc) is 3.77. The van der Waals surface area contributed by atoms with Gasteiger partial charge in [-0.05, 0) is 118 Å². The van der Waals surface area contributed by atoms with E-state index >= 15 is 8.78 Å². The van der Waals surface area contributed by atoms with Crippen LogP contribution in [0.2, 0.25) is 0 Å². The first-order chi connectivity index (χ1) is 23.7. The van der Waals surface area contributed by atoms with Crippen LogP contribution in [-0.2, 0) is 16.1 Å². The van der Waals surface area contributed by atoms with E-state index in [1.807, 2.05) is 28.0 Å². The molecule has 8 aliphatic rings. The number of alkyl halides is 4. The van der Waals surface area contributed by atoms with Gasteiger partial charge >= 0.3 is 5.97 Å². The van der Waals surface area contributed by atoms with Crippen LogP contribution in [0.3, 0.4) is 0 Å². The molecule has 0 atom stereocenters. The summed E-state index contributed by atoms with van der Waals surface area (Å²) in [4.78, 5) is 39.1. The van der Waals surface area contributed by atoms with E-state index in [-0.39, 0.29) is 48.4 Å². The van der Waals surface area contributed by atoms with Crippen molar-refractivity contribution in [2.45, 2.75) is 112 Å². The van der Waals surface area contributed by atoms with Gasteiger partial charge in [0.25, 0.3) is 17.8 Å². The highest BCUT2D eigenvalue weighted by Gasteiger charge is 2.62. The van der Waals surface area contributed by atoms with Crippen molar-refractivity contribution in [3.63, 3.8) is 0 Å². The van der Waals surface area contributed by atoms with E-state index in [2.05, 4.69) is 15.3 Å². The zero-order valence-corrected chi connectivity index (χ0v) is 28.1. The van der Waals surface area contributed by atoms with Crippen molar-refractivity contribution in [3.8, 4) is 5.75 Å². The number of carbonyl (C=O) groups excluding carboxylic acids is 1. The Hall–Kier alpha value is -3.48. The Morgan fingerprint density at radius 1 is 0.980 bits per heavy atom. The normalized spacial score (nSPS) is 34.7. The van der Waals surface area contributed by atoms with E-state index in [4.69, 9.17) is 4.74 Å². The summed E-state index contributed by atoms with van der Waals surface area (Å²) in [5.74, 6) is -6.78. The lowest BCUT2D eigenvalue weighted by Crippen LogP contribution is -2.70. The number of carbonyl (C=O) groups is 2. The lowest BCUT2D eigenvalue weighted by Gasteiger charge is -2.59. The number of carboxylic acids is 1. The minimum Gasteiger partial charge on any atom is -0.490 e. The van der Waals surface area contributed by atoms with Crippen LogP contribution in [0.25, 0.3) is 0 Å². The minimum atomic E-state index is -3.49. The molecular weight excluding hydrogens is 654 g/mol. The van der Waals surface area contributed by atoms with Gasteiger partial charge in [-0.15, -0.1) is 0 Å². The fourth-order valence-electron chi connectivity index (χ4n) is 10.8. The van der Waals surface area contributed by atoms with E-state index in [0.717, 1.165) is 93.8 Å². The van der Waals surface area contributed by atoms with Gasteiger partial charge in [0.05, 0.1) is 24.8 Å². The number of aromatic nitrogens is 2. The summed E-state index contributed by atoms with van der Waals surface area (Å²) in [5.41, 5.74) is -0.930. The molecule has 2 aromatic rings. The molecule has 1 aromatic carbocycles. The fourth-order valence-corrected chi connectivity index (χ4v) is 10.8. The molecule has 2 aliphatic heterocycles. The number of anilines is 2. The van der Waals surface area contributed by atoms with Crippen molar-refractivity contribution in [2.24, 2.45) is 23.7 Å². The second kappa shape index (κ2) is 11.0. The van der Waals surface area contributed by atoms with Crippen molar-refractivity contribution in [1.29, 1.82) is 0 Å². The van der Waals surface area contributed by atoms with Crippen molar-refractivity contribution < 1.29 is 37.0 Å². The number of halogens is 4. The van der Waals surface area contributed by atoms with Gasteiger partial charge in [0, 0.05) is 36.8 Å². The number of nitrogens with zero attached hydrogens (tertiary/aromatic N) is 4. The van der Waals surface area contributed by atoms with Crippen molar-refractivity contribution in [1.82, 2.24) is 20.2 Å². The molecule has 268 valence electrons. The summed E-state index contributed by atoms with van der Waals surface area (Å²) >= 11 is 0. The van der Waals surface area contributed by atoms with Gasteiger partial charge in [0.15, 0.2) is 0 Å². The fraction of sp³-hybridized carbons (Fsp3) is 0.676.